The molecule has 9 atom stereocenters. The molecule has 5 N–H and O–H groups in total. The number of hydrogen-bond acceptors (Lipinski definition) is 11. The number of likely N-dealkylation sites (N-methyl/N-ethyl adjacent to an activating group) is 2. The molecule has 1 aliphatic rings. The zero-order valence-corrected chi connectivity index (χ0v) is 37.2. The molecule has 0 radical (unpaired) electrons. The summed E-state index contributed by atoms with van der Waals surface area (Å²) < 4.78 is 11.5. The van der Waals surface area contributed by atoms with Crippen LogP contribution in [0, 0.1) is 17.8 Å². The Hall–Kier alpha value is -5.25. The number of carbonyl (C=O) groups is 7. The number of aliphatic hydroxyl groups is 1. The molecule has 0 aliphatic carbocycles. The summed E-state index contributed by atoms with van der Waals surface area (Å²) in [6.07, 6.45) is 0.454. The van der Waals surface area contributed by atoms with E-state index in [0.29, 0.717) is 17.6 Å². The summed E-state index contributed by atoms with van der Waals surface area (Å²) >= 11 is 0. The SMILES string of the molecule is C/C=C(\C)[C@H]1OC(=O)[C@@H](C)NC(=O)[C@H](C(C)CC)NC(=O)CN(C)C(=O)[C@@H](Cc2ccc(O)cc2)N(C)C(=O)[C@H](C)NC(=O)[C@@H](CC(C)C)OC(=O)/C(C)=C/C[C@H](O)[C@@H]1C. The van der Waals surface area contributed by atoms with Gasteiger partial charge in [-0.3, -0.25) is 24.0 Å². The third-order valence-electron chi connectivity index (χ3n) is 10.9. The van der Waals surface area contributed by atoms with E-state index in [0.717, 1.165) is 4.90 Å². The minimum Gasteiger partial charge on any atom is -0.508 e. The first-order valence-electron chi connectivity index (χ1n) is 20.6. The molecule has 1 aliphatic heterocycles. The van der Waals surface area contributed by atoms with Gasteiger partial charge >= 0.3 is 11.9 Å². The number of allylic oxidation sites excluding steroid dienone is 1. The average molecular weight is 842 g/mol. The maximum atomic E-state index is 14.1. The highest BCUT2D eigenvalue weighted by atomic mass is 16.6. The van der Waals surface area contributed by atoms with Gasteiger partial charge in [-0.1, -0.05) is 65.3 Å². The summed E-state index contributed by atoms with van der Waals surface area (Å²) in [4.78, 5) is 97.9. The number of cyclic esters (lactones) is 2. The molecule has 0 saturated heterocycles. The van der Waals surface area contributed by atoms with Gasteiger partial charge in [0.1, 0.15) is 36.0 Å². The Balaban J connectivity index is 2.63. The fourth-order valence-electron chi connectivity index (χ4n) is 6.57. The van der Waals surface area contributed by atoms with Gasteiger partial charge in [0.15, 0.2) is 6.10 Å². The van der Waals surface area contributed by atoms with Gasteiger partial charge in [-0.2, -0.15) is 0 Å². The highest BCUT2D eigenvalue weighted by molar-refractivity contribution is 5.96. The van der Waals surface area contributed by atoms with Crippen molar-refractivity contribution in [2.45, 2.75) is 137 Å². The van der Waals surface area contributed by atoms with E-state index in [1.54, 1.807) is 45.9 Å². The lowest BCUT2D eigenvalue weighted by molar-refractivity contribution is -0.155. The lowest BCUT2D eigenvalue weighted by Crippen LogP contribution is -2.57. The Bertz CT molecular complexity index is 1740. The van der Waals surface area contributed by atoms with Crippen LogP contribution in [0.15, 0.2) is 47.6 Å². The number of phenolic OH excluding ortho intramolecular Hbond substituents is 1. The number of ether oxygens (including phenoxy) is 2. The number of rotatable bonds is 7. The second kappa shape index (κ2) is 23.5. The van der Waals surface area contributed by atoms with Crippen LogP contribution in [0.25, 0.3) is 0 Å². The van der Waals surface area contributed by atoms with Crippen LogP contribution in [0.1, 0.15) is 94.1 Å². The van der Waals surface area contributed by atoms with Crippen molar-refractivity contribution in [1.29, 1.82) is 0 Å². The topological polar surface area (TPSA) is 221 Å². The number of esters is 2. The average Bonchev–Trinajstić information content (AvgIpc) is 3.20. The van der Waals surface area contributed by atoms with E-state index in [4.69, 9.17) is 9.47 Å². The van der Waals surface area contributed by atoms with Crippen LogP contribution in [0.2, 0.25) is 0 Å². The fourth-order valence-corrected chi connectivity index (χ4v) is 6.57. The minimum atomic E-state index is -1.29. The van der Waals surface area contributed by atoms with E-state index in [1.165, 1.54) is 58.0 Å². The van der Waals surface area contributed by atoms with Gasteiger partial charge in [0.25, 0.3) is 5.91 Å². The molecular formula is C44H67N5O11. The van der Waals surface area contributed by atoms with Crippen LogP contribution < -0.4 is 16.0 Å². The first-order valence-corrected chi connectivity index (χ1v) is 20.6. The molecule has 0 saturated carbocycles. The minimum absolute atomic E-state index is 0.00643. The molecule has 60 heavy (non-hydrogen) atoms. The molecule has 1 aromatic carbocycles. The monoisotopic (exact) mass is 841 g/mol. The molecule has 0 fully saturated rings. The Labute approximate surface area is 354 Å². The number of carbonyl (C=O) groups excluding carboxylic acids is 7. The van der Waals surface area contributed by atoms with Crippen molar-refractivity contribution in [1.82, 2.24) is 25.8 Å². The van der Waals surface area contributed by atoms with E-state index in [-0.39, 0.29) is 36.5 Å². The molecule has 334 valence electrons. The van der Waals surface area contributed by atoms with Gasteiger partial charge in [-0.15, -0.1) is 0 Å². The molecule has 1 heterocycles. The van der Waals surface area contributed by atoms with E-state index in [2.05, 4.69) is 16.0 Å². The van der Waals surface area contributed by atoms with E-state index in [1.807, 2.05) is 20.8 Å². The number of hydrogen-bond donors (Lipinski definition) is 5. The maximum Gasteiger partial charge on any atom is 0.334 e. The zero-order valence-electron chi connectivity index (χ0n) is 37.2. The first kappa shape index (κ1) is 50.9. The van der Waals surface area contributed by atoms with Gasteiger partial charge < -0.3 is 45.4 Å². The van der Waals surface area contributed by atoms with Crippen molar-refractivity contribution in [2.75, 3.05) is 20.6 Å². The third-order valence-corrected chi connectivity index (χ3v) is 10.9. The Morgan fingerprint density at radius 2 is 1.50 bits per heavy atom. The normalized spacial score (nSPS) is 28.5. The second-order valence-electron chi connectivity index (χ2n) is 16.4. The number of aliphatic hydroxyl groups excluding tert-OH is 1. The molecule has 16 nitrogen and oxygen atoms in total. The molecule has 0 aromatic heterocycles. The lowest BCUT2D eigenvalue weighted by Gasteiger charge is -2.33. The van der Waals surface area contributed by atoms with E-state index >= 15 is 0 Å². The Morgan fingerprint density at radius 3 is 2.07 bits per heavy atom. The zero-order chi connectivity index (χ0) is 45.6. The maximum absolute atomic E-state index is 14.1. The van der Waals surface area contributed by atoms with E-state index in [9.17, 15) is 43.8 Å². The van der Waals surface area contributed by atoms with Gasteiger partial charge in [0.05, 0.1) is 12.6 Å². The summed E-state index contributed by atoms with van der Waals surface area (Å²) in [6, 6.07) is 1.40. The van der Waals surface area contributed by atoms with Crippen molar-refractivity contribution in [2.24, 2.45) is 17.8 Å². The molecular weight excluding hydrogens is 775 g/mol. The first-order chi connectivity index (χ1) is 28.0. The number of aromatic hydroxyl groups is 1. The van der Waals surface area contributed by atoms with Crippen molar-refractivity contribution in [3.8, 4) is 5.75 Å². The van der Waals surface area contributed by atoms with Crippen LogP contribution in [-0.4, -0.2) is 125 Å². The molecule has 0 bridgehead atoms. The Morgan fingerprint density at radius 1 is 0.900 bits per heavy atom. The van der Waals surface area contributed by atoms with Crippen molar-refractivity contribution < 1.29 is 53.2 Å². The largest absolute Gasteiger partial charge is 0.508 e. The van der Waals surface area contributed by atoms with Gasteiger partial charge in [-0.25, -0.2) is 9.59 Å². The smallest absolute Gasteiger partial charge is 0.334 e. The highest BCUT2D eigenvalue weighted by Gasteiger charge is 2.36. The summed E-state index contributed by atoms with van der Waals surface area (Å²) in [5.74, 6) is -6.11. The summed E-state index contributed by atoms with van der Waals surface area (Å²) in [5, 5.41) is 29.1. The third kappa shape index (κ3) is 14.8. The number of nitrogens with one attached hydrogen (secondary N) is 3. The summed E-state index contributed by atoms with van der Waals surface area (Å²) in [7, 11) is 2.77. The standard InChI is InChI=1S/C44H67N5O11/c1-13-25(5)37-40(54)46-30(10)44(58)60-38(26(6)14-2)28(8)34(51)20-15-27(7)43(57)59-35(21-24(3)4)39(53)45-29(9)41(55)49(12)33(22-31-16-18-32(50)19-17-31)42(56)48(11)23-36(52)47-37/h14-19,24-25,28-30,33-35,37-38,50-51H,13,20-23H2,1-12H3,(H,45,53)(H,46,54)(H,47,52)/b26-14+,27-15+/t25?,28-,29-,30+,33+,34-,35+,37-,38+/m0/s1. The second-order valence-corrected chi connectivity index (χ2v) is 16.4. The quantitative estimate of drug-likeness (QED) is 0.199. The molecule has 1 unspecified atom stereocenters. The highest BCUT2D eigenvalue weighted by Crippen LogP contribution is 2.24. The van der Waals surface area contributed by atoms with Crippen molar-refractivity contribution in [3.63, 3.8) is 0 Å². The van der Waals surface area contributed by atoms with Crippen molar-refractivity contribution in [3.05, 3.63) is 53.1 Å². The molecule has 1 aromatic rings. The summed E-state index contributed by atoms with van der Waals surface area (Å²) in [5.41, 5.74) is 1.34. The Kier molecular flexibility index (Phi) is 19.9. The molecule has 2 rings (SSSR count). The predicted octanol–water partition coefficient (Wildman–Crippen LogP) is 2.94. The van der Waals surface area contributed by atoms with Crippen LogP contribution in [0.3, 0.4) is 0 Å². The lowest BCUT2D eigenvalue weighted by atomic mass is 9.90. The fraction of sp³-hybridized carbons (Fsp3) is 0.614. The number of amides is 5. The van der Waals surface area contributed by atoms with Crippen LogP contribution in [-0.2, 0) is 49.5 Å². The predicted molar refractivity (Wildman–Crippen MR) is 225 cm³/mol. The summed E-state index contributed by atoms with van der Waals surface area (Å²) in [6.45, 7) is 16.3. The molecule has 16 heteroatoms. The van der Waals surface area contributed by atoms with Gasteiger partial charge in [-0.05, 0) is 82.6 Å². The number of nitrogens with zero attached hydrogens (tertiary/aromatic N) is 2. The number of benzene rings is 1. The van der Waals surface area contributed by atoms with Crippen LogP contribution >= 0.6 is 0 Å². The molecule has 5 amide bonds. The number of phenols is 1. The van der Waals surface area contributed by atoms with E-state index < -0.39 is 102 Å². The van der Waals surface area contributed by atoms with Crippen LogP contribution in [0.4, 0.5) is 0 Å². The van der Waals surface area contributed by atoms with Crippen LogP contribution in [0.5, 0.6) is 5.75 Å². The van der Waals surface area contributed by atoms with Gasteiger partial charge in [0.2, 0.25) is 23.6 Å². The van der Waals surface area contributed by atoms with Crippen molar-refractivity contribution >= 4 is 41.5 Å². The van der Waals surface area contributed by atoms with Gasteiger partial charge in [0, 0.05) is 32.0 Å². The molecule has 0 spiro atoms.